The van der Waals surface area contributed by atoms with Gasteiger partial charge in [0.15, 0.2) is 0 Å². The predicted octanol–water partition coefficient (Wildman–Crippen LogP) is 2.92. The van der Waals surface area contributed by atoms with Crippen LogP contribution in [-0.4, -0.2) is 37.5 Å². The highest BCUT2D eigenvalue weighted by atomic mass is 16.5. The topological polar surface area (TPSA) is 67.9 Å². The summed E-state index contributed by atoms with van der Waals surface area (Å²) in [6.45, 7) is 2.08. The van der Waals surface area contributed by atoms with Crippen LogP contribution in [0.5, 0.6) is 11.5 Å². The maximum absolute atomic E-state index is 12.8. The summed E-state index contributed by atoms with van der Waals surface area (Å²) in [4.78, 5) is 26.8. The fourth-order valence-corrected chi connectivity index (χ4v) is 2.89. The smallest absolute Gasteiger partial charge is 0.278 e. The van der Waals surface area contributed by atoms with Crippen LogP contribution >= 0.6 is 0 Å². The summed E-state index contributed by atoms with van der Waals surface area (Å²) >= 11 is 0. The fraction of sp³-hybridized carbons (Fsp3) is 0.200. The Morgan fingerprint density at radius 1 is 0.962 bits per heavy atom. The van der Waals surface area contributed by atoms with Gasteiger partial charge in [0.1, 0.15) is 17.2 Å². The average molecular weight is 352 g/mol. The quantitative estimate of drug-likeness (QED) is 0.810. The molecule has 1 N–H and O–H groups in total. The lowest BCUT2D eigenvalue weighted by Gasteiger charge is -2.14. The van der Waals surface area contributed by atoms with Crippen LogP contribution in [0.2, 0.25) is 0 Å². The summed E-state index contributed by atoms with van der Waals surface area (Å²) in [7, 11) is 3.10. The number of likely N-dealkylation sites (N-methyl/N-ethyl adjacent to an activating group) is 1. The molecule has 0 saturated carbocycles. The number of nitrogens with zero attached hydrogens (tertiary/aromatic N) is 1. The molecule has 26 heavy (non-hydrogen) atoms. The number of nitrogens with one attached hydrogen (secondary N) is 1. The number of hydrogen-bond acceptors (Lipinski definition) is 5. The molecule has 3 rings (SSSR count). The van der Waals surface area contributed by atoms with E-state index in [-0.39, 0.29) is 17.5 Å². The highest BCUT2D eigenvalue weighted by Gasteiger charge is 2.38. The highest BCUT2D eigenvalue weighted by molar-refractivity contribution is 6.36. The van der Waals surface area contributed by atoms with E-state index in [1.165, 1.54) is 12.0 Å². The number of benzene rings is 2. The highest BCUT2D eigenvalue weighted by Crippen LogP contribution is 2.34. The molecule has 0 unspecified atom stereocenters. The molecular formula is C20H20N2O4. The van der Waals surface area contributed by atoms with Crippen molar-refractivity contribution in [2.24, 2.45) is 0 Å². The van der Waals surface area contributed by atoms with E-state index in [9.17, 15) is 9.59 Å². The van der Waals surface area contributed by atoms with Crippen molar-refractivity contribution < 1.29 is 19.1 Å². The van der Waals surface area contributed by atoms with E-state index in [0.29, 0.717) is 34.9 Å². The van der Waals surface area contributed by atoms with Crippen LogP contribution in [0.25, 0.3) is 5.57 Å². The molecule has 134 valence electrons. The number of amides is 2. The first-order valence-corrected chi connectivity index (χ1v) is 8.25. The lowest BCUT2D eigenvalue weighted by molar-refractivity contribution is -0.136. The number of anilines is 1. The summed E-state index contributed by atoms with van der Waals surface area (Å²) in [5.74, 6) is 0.487. The van der Waals surface area contributed by atoms with E-state index in [4.69, 9.17) is 9.47 Å². The van der Waals surface area contributed by atoms with Gasteiger partial charge in [0.25, 0.3) is 11.8 Å². The van der Waals surface area contributed by atoms with E-state index in [0.717, 1.165) is 0 Å². The molecule has 2 aromatic carbocycles. The van der Waals surface area contributed by atoms with E-state index in [2.05, 4.69) is 5.32 Å². The second-order valence-electron chi connectivity index (χ2n) is 5.66. The van der Waals surface area contributed by atoms with Crippen molar-refractivity contribution in [2.75, 3.05) is 26.1 Å². The Morgan fingerprint density at radius 2 is 1.69 bits per heavy atom. The van der Waals surface area contributed by atoms with Gasteiger partial charge in [-0.2, -0.15) is 0 Å². The Morgan fingerprint density at radius 3 is 2.31 bits per heavy atom. The number of methoxy groups -OCH3 is 2. The number of imide groups is 1. The third-order valence-electron chi connectivity index (χ3n) is 4.22. The van der Waals surface area contributed by atoms with Crippen LogP contribution in [0.1, 0.15) is 12.5 Å². The van der Waals surface area contributed by atoms with Gasteiger partial charge in [0, 0.05) is 12.6 Å². The lowest BCUT2D eigenvalue weighted by atomic mass is 10.0. The van der Waals surface area contributed by atoms with Crippen LogP contribution in [-0.2, 0) is 9.59 Å². The number of carbonyl (C=O) groups is 2. The molecular weight excluding hydrogens is 332 g/mol. The van der Waals surface area contributed by atoms with Gasteiger partial charge in [-0.3, -0.25) is 14.5 Å². The third-order valence-corrected chi connectivity index (χ3v) is 4.22. The van der Waals surface area contributed by atoms with Crippen LogP contribution in [0.3, 0.4) is 0 Å². The molecule has 1 heterocycles. The Bertz CT molecular complexity index is 875. The second-order valence-corrected chi connectivity index (χ2v) is 5.66. The number of rotatable bonds is 6. The minimum absolute atomic E-state index is 0.242. The lowest BCUT2D eigenvalue weighted by Crippen LogP contribution is -2.32. The molecule has 6 nitrogen and oxygen atoms in total. The van der Waals surface area contributed by atoms with Crippen LogP contribution in [0, 0.1) is 0 Å². The van der Waals surface area contributed by atoms with Gasteiger partial charge in [0.2, 0.25) is 0 Å². The minimum atomic E-state index is -0.353. The van der Waals surface area contributed by atoms with Crippen LogP contribution in [0.4, 0.5) is 5.69 Å². The van der Waals surface area contributed by atoms with Gasteiger partial charge in [-0.1, -0.05) is 30.3 Å². The molecule has 0 aliphatic carbocycles. The Balaban J connectivity index is 2.09. The fourth-order valence-electron chi connectivity index (χ4n) is 2.89. The van der Waals surface area contributed by atoms with Gasteiger partial charge in [-0.05, 0) is 24.6 Å². The van der Waals surface area contributed by atoms with Gasteiger partial charge in [-0.25, -0.2) is 0 Å². The van der Waals surface area contributed by atoms with Crippen molar-refractivity contribution in [1.82, 2.24) is 4.90 Å². The molecule has 0 radical (unpaired) electrons. The molecule has 0 spiro atoms. The second kappa shape index (κ2) is 7.31. The summed E-state index contributed by atoms with van der Waals surface area (Å²) in [5.41, 5.74) is 1.87. The third kappa shape index (κ3) is 3.01. The van der Waals surface area contributed by atoms with E-state index >= 15 is 0 Å². The average Bonchev–Trinajstić information content (AvgIpc) is 2.92. The standard InChI is InChI=1S/C20H20N2O4/c1-4-22-19(23)17(13-8-6-5-7-9-13)18(20(22)24)21-15-11-10-14(25-2)12-16(15)26-3/h5-12,21H,4H2,1-3H3. The summed E-state index contributed by atoms with van der Waals surface area (Å²) in [6.07, 6.45) is 0. The van der Waals surface area contributed by atoms with E-state index in [1.54, 1.807) is 32.2 Å². The first-order valence-electron chi connectivity index (χ1n) is 8.25. The molecule has 0 fully saturated rings. The van der Waals surface area contributed by atoms with Crippen molar-refractivity contribution in [3.8, 4) is 11.5 Å². The SMILES string of the molecule is CCN1C(=O)C(Nc2ccc(OC)cc2OC)=C(c2ccccc2)C1=O. The van der Waals surface area contributed by atoms with Gasteiger partial charge >= 0.3 is 0 Å². The van der Waals surface area contributed by atoms with Crippen molar-refractivity contribution >= 4 is 23.1 Å². The normalized spacial score (nSPS) is 14.0. The van der Waals surface area contributed by atoms with E-state index in [1.807, 2.05) is 30.3 Å². The van der Waals surface area contributed by atoms with Crippen molar-refractivity contribution in [1.29, 1.82) is 0 Å². The van der Waals surface area contributed by atoms with Crippen LogP contribution < -0.4 is 14.8 Å². The molecule has 2 amide bonds. The maximum Gasteiger partial charge on any atom is 0.278 e. The molecule has 0 saturated heterocycles. The summed E-state index contributed by atoms with van der Waals surface area (Å²) < 4.78 is 10.6. The van der Waals surface area contributed by atoms with Gasteiger partial charge in [0.05, 0.1) is 25.5 Å². The Labute approximate surface area is 152 Å². The summed E-state index contributed by atoms with van der Waals surface area (Å²) in [6, 6.07) is 14.4. The molecule has 0 atom stereocenters. The molecule has 0 aromatic heterocycles. The van der Waals surface area contributed by atoms with Crippen molar-refractivity contribution in [3.63, 3.8) is 0 Å². The zero-order valence-corrected chi connectivity index (χ0v) is 14.9. The van der Waals surface area contributed by atoms with Crippen molar-refractivity contribution in [3.05, 3.63) is 59.8 Å². The molecule has 6 heteroatoms. The molecule has 1 aliphatic heterocycles. The molecule has 2 aromatic rings. The molecule has 1 aliphatic rings. The first kappa shape index (κ1) is 17.5. The Hall–Kier alpha value is -3.28. The van der Waals surface area contributed by atoms with Crippen molar-refractivity contribution in [2.45, 2.75) is 6.92 Å². The zero-order valence-electron chi connectivity index (χ0n) is 14.9. The zero-order chi connectivity index (χ0) is 18.7. The van der Waals surface area contributed by atoms with Gasteiger partial charge < -0.3 is 14.8 Å². The van der Waals surface area contributed by atoms with E-state index < -0.39 is 0 Å². The Kier molecular flexibility index (Phi) is 4.93. The summed E-state index contributed by atoms with van der Waals surface area (Å²) in [5, 5.41) is 3.09. The largest absolute Gasteiger partial charge is 0.497 e. The van der Waals surface area contributed by atoms with Crippen LogP contribution in [0.15, 0.2) is 54.2 Å². The molecule has 0 bridgehead atoms. The predicted molar refractivity (Wildman–Crippen MR) is 98.9 cm³/mol. The number of hydrogen-bond donors (Lipinski definition) is 1. The first-order chi connectivity index (χ1) is 12.6. The van der Waals surface area contributed by atoms with Gasteiger partial charge in [-0.15, -0.1) is 0 Å². The number of ether oxygens (including phenoxy) is 2. The minimum Gasteiger partial charge on any atom is -0.497 e. The maximum atomic E-state index is 12.8. The number of carbonyl (C=O) groups excluding carboxylic acids is 2. The monoisotopic (exact) mass is 352 g/mol.